The molecule has 8 nitrogen and oxygen atoms in total. The van der Waals surface area contributed by atoms with Gasteiger partial charge in [0.25, 0.3) is 0 Å². The minimum atomic E-state index is -0.529. The van der Waals surface area contributed by atoms with Gasteiger partial charge in [-0.15, -0.1) is 0 Å². The van der Waals surface area contributed by atoms with Crippen molar-refractivity contribution in [2.45, 2.75) is 13.8 Å². The molecule has 0 spiro atoms. The van der Waals surface area contributed by atoms with Gasteiger partial charge in [-0.3, -0.25) is 0 Å². The Morgan fingerprint density at radius 1 is 0.500 bits per heavy atom. The van der Waals surface area contributed by atoms with E-state index in [0.717, 1.165) is 51.1 Å². The minimum Gasteiger partial charge on any atom is -0.449 e. The summed E-state index contributed by atoms with van der Waals surface area (Å²) >= 11 is 0. The molecule has 9 rings (SSSR count). The molecule has 4 aromatic carbocycles. The van der Waals surface area contributed by atoms with Crippen molar-refractivity contribution in [1.82, 2.24) is 0 Å². The quantitative estimate of drug-likeness (QED) is 0.141. The van der Waals surface area contributed by atoms with Crippen LogP contribution in [0.2, 0.25) is 0 Å². The SMILES string of the molecule is CCN(CC)c1ccc2cc(-c3cc4oc5cc(-c6cc7c8ccccc8c8ccccc8c7oc6=O)oc5c4o3)c(=O)oc2c1. The largest absolute Gasteiger partial charge is 0.449 e. The Hall–Kier alpha value is -6.02. The molecule has 0 aliphatic carbocycles. The molecule has 0 N–H and O–H groups in total. The van der Waals surface area contributed by atoms with E-state index in [1.165, 1.54) is 0 Å². The maximum atomic E-state index is 13.4. The topological polar surface area (TPSA) is 103 Å². The number of furan rings is 3. The molecule has 5 aromatic heterocycles. The normalized spacial score (nSPS) is 12.0. The van der Waals surface area contributed by atoms with Crippen molar-refractivity contribution >= 4 is 71.5 Å². The lowest BCUT2D eigenvalue weighted by molar-refractivity contribution is 0.552. The van der Waals surface area contributed by atoms with Crippen LogP contribution in [0.1, 0.15) is 13.8 Å². The van der Waals surface area contributed by atoms with Crippen molar-refractivity contribution in [3.63, 3.8) is 0 Å². The zero-order valence-electron chi connectivity index (χ0n) is 24.9. The molecule has 224 valence electrons. The molecule has 0 unspecified atom stereocenters. The molecule has 0 fully saturated rings. The van der Waals surface area contributed by atoms with Crippen LogP contribution in [0.5, 0.6) is 0 Å². The summed E-state index contributed by atoms with van der Waals surface area (Å²) < 4.78 is 30.0. The zero-order chi connectivity index (χ0) is 31.1. The summed E-state index contributed by atoms with van der Waals surface area (Å²) in [6, 6.07) is 28.6. The van der Waals surface area contributed by atoms with E-state index in [-0.39, 0.29) is 16.9 Å². The van der Waals surface area contributed by atoms with Gasteiger partial charge in [-0.05, 0) is 54.3 Å². The van der Waals surface area contributed by atoms with Crippen molar-refractivity contribution in [3.05, 3.63) is 112 Å². The molecule has 0 radical (unpaired) electrons. The predicted octanol–water partition coefficient (Wildman–Crippen LogP) is 9.47. The second-order valence-electron chi connectivity index (χ2n) is 11.3. The van der Waals surface area contributed by atoms with Crippen LogP contribution < -0.4 is 16.2 Å². The summed E-state index contributed by atoms with van der Waals surface area (Å²) in [6.07, 6.45) is 0. The van der Waals surface area contributed by atoms with Crippen molar-refractivity contribution in [2.24, 2.45) is 0 Å². The first-order chi connectivity index (χ1) is 22.5. The van der Waals surface area contributed by atoms with Crippen molar-refractivity contribution in [3.8, 4) is 22.6 Å². The summed E-state index contributed by atoms with van der Waals surface area (Å²) in [5.74, 6) is 0.580. The van der Waals surface area contributed by atoms with Crippen LogP contribution in [0.25, 0.3) is 88.5 Å². The molecule has 0 atom stereocenters. The third-order valence-corrected chi connectivity index (χ3v) is 8.83. The first-order valence-corrected chi connectivity index (χ1v) is 15.2. The van der Waals surface area contributed by atoms with Gasteiger partial charge in [0.2, 0.25) is 11.2 Å². The van der Waals surface area contributed by atoms with Gasteiger partial charge in [0.1, 0.15) is 33.8 Å². The summed E-state index contributed by atoms with van der Waals surface area (Å²) in [5, 5.41) is 5.47. The van der Waals surface area contributed by atoms with Crippen LogP contribution in [0.4, 0.5) is 5.69 Å². The van der Waals surface area contributed by atoms with Crippen molar-refractivity contribution in [1.29, 1.82) is 0 Å². The van der Waals surface area contributed by atoms with Gasteiger partial charge in [-0.2, -0.15) is 0 Å². The van der Waals surface area contributed by atoms with E-state index >= 15 is 0 Å². The summed E-state index contributed by atoms with van der Waals surface area (Å²) in [7, 11) is 0. The van der Waals surface area contributed by atoms with Gasteiger partial charge >= 0.3 is 11.3 Å². The highest BCUT2D eigenvalue weighted by Crippen LogP contribution is 2.40. The average molecular weight is 608 g/mol. The fraction of sp³-hybridized carbons (Fsp3) is 0.105. The molecule has 0 aliphatic heterocycles. The molecule has 46 heavy (non-hydrogen) atoms. The van der Waals surface area contributed by atoms with Gasteiger partial charge in [-0.1, -0.05) is 48.5 Å². The van der Waals surface area contributed by atoms with Gasteiger partial charge in [0.15, 0.2) is 11.2 Å². The fourth-order valence-electron chi connectivity index (χ4n) is 6.57. The Bertz CT molecular complexity index is 2790. The highest BCUT2D eigenvalue weighted by Gasteiger charge is 2.23. The van der Waals surface area contributed by atoms with E-state index in [9.17, 15) is 9.59 Å². The van der Waals surface area contributed by atoms with Crippen LogP contribution in [-0.4, -0.2) is 13.1 Å². The second kappa shape index (κ2) is 9.74. The molecule has 0 saturated heterocycles. The lowest BCUT2D eigenvalue weighted by atomic mass is 9.97. The van der Waals surface area contributed by atoms with Crippen molar-refractivity contribution in [2.75, 3.05) is 18.0 Å². The Balaban J connectivity index is 1.16. The summed E-state index contributed by atoms with van der Waals surface area (Å²) in [6.45, 7) is 5.86. The molecule has 9 aromatic rings. The Kier molecular flexibility index (Phi) is 5.59. The van der Waals surface area contributed by atoms with Crippen LogP contribution in [0, 0.1) is 0 Å². The van der Waals surface area contributed by atoms with E-state index in [0.29, 0.717) is 39.3 Å². The number of benzene rings is 4. The average Bonchev–Trinajstić information content (AvgIpc) is 3.76. The number of rotatable bonds is 5. The minimum absolute atomic E-state index is 0.263. The van der Waals surface area contributed by atoms with Crippen LogP contribution in [-0.2, 0) is 0 Å². The third-order valence-electron chi connectivity index (χ3n) is 8.83. The maximum Gasteiger partial charge on any atom is 0.347 e. The first-order valence-electron chi connectivity index (χ1n) is 15.2. The molecule has 0 amide bonds. The molecular weight excluding hydrogens is 582 g/mol. The number of hydrogen-bond donors (Lipinski definition) is 0. The fourth-order valence-corrected chi connectivity index (χ4v) is 6.57. The second-order valence-corrected chi connectivity index (χ2v) is 11.3. The van der Waals surface area contributed by atoms with Crippen LogP contribution >= 0.6 is 0 Å². The van der Waals surface area contributed by atoms with Crippen LogP contribution in [0.3, 0.4) is 0 Å². The third kappa shape index (κ3) is 3.80. The van der Waals surface area contributed by atoms with E-state index in [4.69, 9.17) is 22.1 Å². The van der Waals surface area contributed by atoms with Gasteiger partial charge in [0.05, 0.1) is 0 Å². The van der Waals surface area contributed by atoms with Gasteiger partial charge in [-0.25, -0.2) is 9.59 Å². The summed E-state index contributed by atoms with van der Waals surface area (Å²) in [5.41, 5.74) is 2.97. The number of anilines is 1. The van der Waals surface area contributed by atoms with E-state index < -0.39 is 11.3 Å². The highest BCUT2D eigenvalue weighted by atomic mass is 16.4. The summed E-state index contributed by atoms with van der Waals surface area (Å²) in [4.78, 5) is 28.6. The standard InChI is InChI=1S/C38H25NO7/c1-3-39(4-2)21-14-13-20-15-27(37(40)45-29(20)16-21)30-18-32-35(43-30)36-33(42-32)19-31(44-36)28-17-26-24-11-6-5-9-22(24)23-10-7-8-12-25(23)34(26)46-38(28)41/h5-19H,3-4H2,1-2H3. The molecular formula is C38H25NO7. The van der Waals surface area contributed by atoms with E-state index in [1.807, 2.05) is 66.7 Å². The van der Waals surface area contributed by atoms with Crippen LogP contribution in [0.15, 0.2) is 123 Å². The molecule has 0 saturated carbocycles. The van der Waals surface area contributed by atoms with Gasteiger partial charge in [0, 0.05) is 53.1 Å². The molecule has 8 heteroatoms. The van der Waals surface area contributed by atoms with E-state index in [2.05, 4.69) is 24.8 Å². The highest BCUT2D eigenvalue weighted by molar-refractivity contribution is 6.23. The van der Waals surface area contributed by atoms with E-state index in [1.54, 1.807) is 18.2 Å². The number of nitrogens with zero attached hydrogens (tertiary/aromatic N) is 1. The molecule has 0 aliphatic rings. The number of hydrogen-bond acceptors (Lipinski definition) is 8. The predicted molar refractivity (Wildman–Crippen MR) is 180 cm³/mol. The molecule has 0 bridgehead atoms. The zero-order valence-corrected chi connectivity index (χ0v) is 24.9. The Morgan fingerprint density at radius 2 is 1.07 bits per heavy atom. The smallest absolute Gasteiger partial charge is 0.347 e. The first kappa shape index (κ1) is 26.4. The maximum absolute atomic E-state index is 13.4. The Labute approximate surface area is 259 Å². The van der Waals surface area contributed by atoms with Gasteiger partial charge < -0.3 is 27.0 Å². The lowest BCUT2D eigenvalue weighted by Gasteiger charge is -2.20. The monoisotopic (exact) mass is 607 g/mol. The lowest BCUT2D eigenvalue weighted by Crippen LogP contribution is -2.21. The molecule has 5 heterocycles. The van der Waals surface area contributed by atoms with Crippen molar-refractivity contribution < 1.29 is 22.1 Å². The Morgan fingerprint density at radius 3 is 1.72 bits per heavy atom. The number of fused-ring (bicyclic) bond motifs is 10.